The maximum Gasteiger partial charge on any atom is 0.314 e. The number of rotatable bonds is 5. The van der Waals surface area contributed by atoms with Gasteiger partial charge in [-0.1, -0.05) is 12.8 Å². The summed E-state index contributed by atoms with van der Waals surface area (Å²) in [5.41, 5.74) is 10.2. The molecule has 0 aromatic heterocycles. The van der Waals surface area contributed by atoms with E-state index in [0.29, 0.717) is 6.42 Å². The molecule has 0 rings (SSSR count). The van der Waals surface area contributed by atoms with Gasteiger partial charge in [-0.05, 0) is 11.8 Å². The fourth-order valence-corrected chi connectivity index (χ4v) is 1.02. The molecule has 0 amide bonds. The molecule has 0 aromatic carbocycles. The van der Waals surface area contributed by atoms with Crippen molar-refractivity contribution >= 4 is 29.5 Å². The van der Waals surface area contributed by atoms with Gasteiger partial charge in [-0.15, -0.1) is 0 Å². The molecule has 0 spiro atoms. The van der Waals surface area contributed by atoms with Gasteiger partial charge in [0.1, 0.15) is 23.5 Å². The molecule has 1 atom stereocenters. The predicted octanol–water partition coefficient (Wildman–Crippen LogP) is -3.59. The maximum absolute atomic E-state index is 10.6. The molecule has 0 saturated carbocycles. The van der Waals surface area contributed by atoms with Crippen molar-refractivity contribution in [3.05, 3.63) is 0 Å². The van der Waals surface area contributed by atoms with E-state index in [0.717, 1.165) is 12.8 Å². The second-order valence-corrected chi connectivity index (χ2v) is 4.56. The lowest BCUT2D eigenvalue weighted by Gasteiger charge is -2.23. The largest absolute Gasteiger partial charge is 0.480 e. The summed E-state index contributed by atoms with van der Waals surface area (Å²) >= 11 is 0. The summed E-state index contributed by atoms with van der Waals surface area (Å²) in [6.45, 7) is 0. The Morgan fingerprint density at radius 2 is 1.69 bits per heavy atom. The average molecular weight is 182 g/mol. The molecule has 0 aliphatic rings. The highest BCUT2D eigenvalue weighted by Gasteiger charge is 2.27. The van der Waals surface area contributed by atoms with Gasteiger partial charge < -0.3 is 16.6 Å². The van der Waals surface area contributed by atoms with Gasteiger partial charge in [0, 0.05) is 0 Å². The number of aliphatic carboxylic acids is 1. The lowest BCUT2D eigenvalue weighted by molar-refractivity contribution is -0.140. The number of carboxylic acid groups (broad SMARTS) is 1. The summed E-state index contributed by atoms with van der Waals surface area (Å²) in [6.07, 6.45) is 1.98. The highest BCUT2D eigenvalue weighted by molar-refractivity contribution is 6.39. The Hall–Kier alpha value is -0.415. The van der Waals surface area contributed by atoms with Crippen LogP contribution in [0.1, 0.15) is 19.3 Å². The average Bonchev–Trinajstić information content (AvgIpc) is 1.82. The van der Waals surface area contributed by atoms with Gasteiger partial charge >= 0.3 is 5.97 Å². The number of carbonyl (C=O) groups is 1. The van der Waals surface area contributed by atoms with Crippen molar-refractivity contribution in [3.63, 3.8) is 0 Å². The molecular formula is C6H17B3N2O2. The predicted molar refractivity (Wildman–Crippen MR) is 61.0 cm³/mol. The molecule has 13 heavy (non-hydrogen) atoms. The Bertz CT molecular complexity index is 191. The zero-order chi connectivity index (χ0) is 10.7. The lowest BCUT2D eigenvalue weighted by atomic mass is 9.59. The van der Waals surface area contributed by atoms with E-state index < -0.39 is 11.4 Å². The number of nitrogens with two attached hydrogens (primary N) is 2. The zero-order valence-electron chi connectivity index (χ0n) is 8.63. The molecular weight excluding hydrogens is 165 g/mol. The summed E-state index contributed by atoms with van der Waals surface area (Å²) in [5.74, 6) is -0.956. The Kier molecular flexibility index (Phi) is 4.06. The van der Waals surface area contributed by atoms with Crippen molar-refractivity contribution in [2.45, 2.75) is 30.0 Å². The first-order valence-corrected chi connectivity index (χ1v) is 4.46. The van der Waals surface area contributed by atoms with Gasteiger partial charge in [0.15, 0.2) is 0 Å². The van der Waals surface area contributed by atoms with Crippen LogP contribution in [0.15, 0.2) is 0 Å². The van der Waals surface area contributed by atoms with E-state index in [9.17, 15) is 4.79 Å². The van der Waals surface area contributed by atoms with Crippen LogP contribution in [0.4, 0.5) is 0 Å². The van der Waals surface area contributed by atoms with E-state index in [-0.39, 0.29) is 5.34 Å². The molecule has 0 heterocycles. The Morgan fingerprint density at radius 3 is 2.00 bits per heavy atom. The minimum absolute atomic E-state index is 0.241. The summed E-state index contributed by atoms with van der Waals surface area (Å²) in [4.78, 5) is 10.6. The van der Waals surface area contributed by atoms with E-state index in [1.54, 1.807) is 0 Å². The Balaban J connectivity index is 3.84. The summed E-state index contributed by atoms with van der Waals surface area (Å²) in [6, 6.07) is 0. The maximum atomic E-state index is 10.6. The lowest BCUT2D eigenvalue weighted by Crippen LogP contribution is -2.49. The Labute approximate surface area is 81.7 Å². The van der Waals surface area contributed by atoms with Crippen LogP contribution in [0, 0.1) is 0 Å². The number of hydrogen-bond donors (Lipinski definition) is 3. The molecule has 0 aliphatic heterocycles. The van der Waals surface area contributed by atoms with Crippen LogP contribution < -0.4 is 11.5 Å². The van der Waals surface area contributed by atoms with Crippen LogP contribution in [0.25, 0.3) is 0 Å². The van der Waals surface area contributed by atoms with E-state index in [4.69, 9.17) is 16.6 Å². The zero-order valence-corrected chi connectivity index (χ0v) is 8.63. The molecule has 0 unspecified atom stereocenters. The van der Waals surface area contributed by atoms with Crippen LogP contribution in [-0.2, 0) is 4.79 Å². The standard InChI is InChI=1S/C6H17B3N2O2/c7-5(10,4(12)13)2-1-3-6(8,9)11/h1-3,7-11H2,(H,12,13)/t5-/m0/s1. The molecule has 0 aromatic rings. The van der Waals surface area contributed by atoms with Gasteiger partial charge in [-0.25, -0.2) is 0 Å². The smallest absolute Gasteiger partial charge is 0.314 e. The summed E-state index contributed by atoms with van der Waals surface area (Å²) in [5, 5.41) is 8.47. The normalized spacial score (nSPS) is 16.5. The van der Waals surface area contributed by atoms with Crippen molar-refractivity contribution in [2.75, 3.05) is 0 Å². The fourth-order valence-electron chi connectivity index (χ4n) is 1.02. The minimum Gasteiger partial charge on any atom is -0.480 e. The SMILES string of the molecule is BC(B)(N)CCC[C@](B)(N)C(=O)O. The molecule has 0 fully saturated rings. The van der Waals surface area contributed by atoms with Gasteiger partial charge in [-0.3, -0.25) is 4.79 Å². The minimum atomic E-state index is -1.12. The van der Waals surface area contributed by atoms with E-state index >= 15 is 0 Å². The second kappa shape index (κ2) is 4.20. The molecule has 4 nitrogen and oxygen atoms in total. The highest BCUT2D eigenvalue weighted by atomic mass is 16.4. The topological polar surface area (TPSA) is 89.3 Å². The third-order valence-electron chi connectivity index (χ3n) is 2.01. The van der Waals surface area contributed by atoms with Gasteiger partial charge in [-0.2, -0.15) is 0 Å². The van der Waals surface area contributed by atoms with E-state index in [2.05, 4.69) is 0 Å². The van der Waals surface area contributed by atoms with Crippen LogP contribution in [-0.4, -0.2) is 45.4 Å². The van der Waals surface area contributed by atoms with Crippen LogP contribution in [0.3, 0.4) is 0 Å². The molecule has 0 radical (unpaired) electrons. The first-order valence-electron chi connectivity index (χ1n) is 4.46. The number of carboxylic acids is 1. The second-order valence-electron chi connectivity index (χ2n) is 4.56. The first-order chi connectivity index (χ1) is 5.65. The van der Waals surface area contributed by atoms with Crippen molar-refractivity contribution in [1.29, 1.82) is 0 Å². The quantitative estimate of drug-likeness (QED) is 0.383. The first kappa shape index (κ1) is 12.6. The molecule has 5 N–H and O–H groups in total. The number of hydrogen-bond acceptors (Lipinski definition) is 3. The van der Waals surface area contributed by atoms with Gasteiger partial charge in [0.25, 0.3) is 0 Å². The van der Waals surface area contributed by atoms with Crippen molar-refractivity contribution in [1.82, 2.24) is 0 Å². The molecule has 0 bridgehead atoms. The van der Waals surface area contributed by atoms with Crippen molar-refractivity contribution in [2.24, 2.45) is 11.5 Å². The van der Waals surface area contributed by atoms with Crippen LogP contribution in [0.2, 0.25) is 0 Å². The van der Waals surface area contributed by atoms with Gasteiger partial charge in [0.05, 0.1) is 5.44 Å². The third-order valence-corrected chi connectivity index (χ3v) is 2.01. The summed E-state index contributed by atoms with van der Waals surface area (Å²) < 4.78 is 0. The Morgan fingerprint density at radius 1 is 1.23 bits per heavy atom. The monoisotopic (exact) mass is 182 g/mol. The van der Waals surface area contributed by atoms with Crippen molar-refractivity contribution in [3.8, 4) is 0 Å². The molecule has 0 aliphatic carbocycles. The molecule has 72 valence electrons. The highest BCUT2D eigenvalue weighted by Crippen LogP contribution is 2.10. The van der Waals surface area contributed by atoms with Gasteiger partial charge in [0.2, 0.25) is 0 Å². The summed E-state index contributed by atoms with van der Waals surface area (Å²) in [7, 11) is 5.36. The van der Waals surface area contributed by atoms with E-state index in [1.165, 1.54) is 7.85 Å². The van der Waals surface area contributed by atoms with E-state index in [1.807, 2.05) is 15.7 Å². The van der Waals surface area contributed by atoms with Crippen LogP contribution in [0.5, 0.6) is 0 Å². The fraction of sp³-hybridized carbons (Fsp3) is 0.833. The van der Waals surface area contributed by atoms with Crippen LogP contribution >= 0.6 is 0 Å². The third kappa shape index (κ3) is 5.77. The molecule has 0 saturated heterocycles. The van der Waals surface area contributed by atoms with Crippen molar-refractivity contribution < 1.29 is 9.90 Å². The molecule has 7 heteroatoms.